The van der Waals surface area contributed by atoms with Gasteiger partial charge in [0, 0.05) is 0 Å². The fourth-order valence-corrected chi connectivity index (χ4v) is 4.58. The van der Waals surface area contributed by atoms with Crippen LogP contribution < -0.4 is 0 Å². The van der Waals surface area contributed by atoms with Gasteiger partial charge >= 0.3 is 0 Å². The van der Waals surface area contributed by atoms with E-state index in [9.17, 15) is 10.2 Å². The summed E-state index contributed by atoms with van der Waals surface area (Å²) in [4.78, 5) is 0. The number of allylic oxidation sites excluding steroid dienone is 1. The predicted octanol–water partition coefficient (Wildman–Crippen LogP) is 4.60. The molecule has 1 saturated carbocycles. The Labute approximate surface area is 127 Å². The van der Waals surface area contributed by atoms with Crippen LogP contribution in [0, 0.1) is 18.3 Å². The molecular weight excluding hydrogens is 260 g/mol. The second kappa shape index (κ2) is 4.53. The predicted molar refractivity (Wildman–Crippen MR) is 85.8 cm³/mol. The molecule has 0 heterocycles. The van der Waals surface area contributed by atoms with Gasteiger partial charge in [-0.2, -0.15) is 0 Å². The van der Waals surface area contributed by atoms with Crippen molar-refractivity contribution in [3.8, 4) is 11.5 Å². The molecule has 0 amide bonds. The van der Waals surface area contributed by atoms with E-state index in [2.05, 4.69) is 26.5 Å². The molecule has 1 aromatic carbocycles. The maximum absolute atomic E-state index is 10.0. The van der Waals surface area contributed by atoms with E-state index in [0.29, 0.717) is 5.92 Å². The summed E-state index contributed by atoms with van der Waals surface area (Å²) in [6, 6.07) is 1.82. The quantitative estimate of drug-likeness (QED) is 0.585. The topological polar surface area (TPSA) is 40.5 Å². The zero-order chi connectivity index (χ0) is 15.4. The van der Waals surface area contributed by atoms with Gasteiger partial charge in [0.2, 0.25) is 0 Å². The Kier molecular flexibility index (Phi) is 3.12. The van der Waals surface area contributed by atoms with Crippen molar-refractivity contribution in [3.05, 3.63) is 35.4 Å². The van der Waals surface area contributed by atoms with Crippen molar-refractivity contribution in [2.45, 2.75) is 58.3 Å². The Bertz CT molecular complexity index is 604. The molecule has 2 aliphatic rings. The third kappa shape index (κ3) is 1.99. The molecule has 0 spiro atoms. The number of phenols is 2. The maximum Gasteiger partial charge on any atom is 0.160 e. The Hall–Kier alpha value is -1.44. The summed E-state index contributed by atoms with van der Waals surface area (Å²) in [7, 11) is 0. The van der Waals surface area contributed by atoms with Crippen molar-refractivity contribution in [1.82, 2.24) is 0 Å². The molecule has 0 aliphatic heterocycles. The van der Waals surface area contributed by atoms with E-state index < -0.39 is 0 Å². The first-order valence-corrected chi connectivity index (χ1v) is 7.99. The van der Waals surface area contributed by atoms with Crippen LogP contribution in [0.1, 0.15) is 56.2 Å². The summed E-state index contributed by atoms with van der Waals surface area (Å²) in [6.45, 7) is 10.6. The van der Waals surface area contributed by atoms with Gasteiger partial charge in [0.05, 0.1) is 0 Å². The van der Waals surface area contributed by atoms with Crippen LogP contribution in [0.3, 0.4) is 0 Å². The van der Waals surface area contributed by atoms with Gasteiger partial charge in [-0.3, -0.25) is 0 Å². The molecule has 0 unspecified atom stereocenters. The van der Waals surface area contributed by atoms with Gasteiger partial charge in [0.15, 0.2) is 11.5 Å². The highest BCUT2D eigenvalue weighted by Gasteiger charge is 2.47. The van der Waals surface area contributed by atoms with Crippen LogP contribution in [0.4, 0.5) is 0 Å². The van der Waals surface area contributed by atoms with Gasteiger partial charge in [0.1, 0.15) is 0 Å². The van der Waals surface area contributed by atoms with Crippen LogP contribution in [-0.2, 0) is 11.8 Å². The molecule has 21 heavy (non-hydrogen) atoms. The molecule has 2 aliphatic carbocycles. The van der Waals surface area contributed by atoms with Gasteiger partial charge in [-0.25, -0.2) is 0 Å². The number of aromatic hydroxyl groups is 2. The summed E-state index contributed by atoms with van der Waals surface area (Å²) in [5.74, 6) is 0.720. The highest BCUT2D eigenvalue weighted by atomic mass is 16.3. The first-order chi connectivity index (χ1) is 9.81. The third-order valence-electron chi connectivity index (χ3n) is 6.34. The lowest BCUT2D eigenvalue weighted by Crippen LogP contribution is -2.44. The van der Waals surface area contributed by atoms with E-state index in [4.69, 9.17) is 0 Å². The van der Waals surface area contributed by atoms with Crippen molar-refractivity contribution >= 4 is 0 Å². The zero-order valence-electron chi connectivity index (χ0n) is 13.4. The smallest absolute Gasteiger partial charge is 0.160 e. The van der Waals surface area contributed by atoms with E-state index >= 15 is 0 Å². The molecule has 0 saturated heterocycles. The number of phenolic OH excluding ortho intramolecular Hbond substituents is 2. The van der Waals surface area contributed by atoms with Gasteiger partial charge in [-0.1, -0.05) is 19.9 Å². The minimum absolute atomic E-state index is 0.0326. The number of hydrogen-bond acceptors (Lipinski definition) is 2. The van der Waals surface area contributed by atoms with Crippen molar-refractivity contribution in [2.75, 3.05) is 0 Å². The second-order valence-electron chi connectivity index (χ2n) is 7.61. The first-order valence-electron chi connectivity index (χ1n) is 7.99. The monoisotopic (exact) mass is 286 g/mol. The maximum atomic E-state index is 10.0. The van der Waals surface area contributed by atoms with Gasteiger partial charge in [-0.05, 0) is 78.5 Å². The van der Waals surface area contributed by atoms with Crippen LogP contribution in [-0.4, -0.2) is 10.2 Å². The van der Waals surface area contributed by atoms with Crippen LogP contribution in [0.15, 0.2) is 18.7 Å². The van der Waals surface area contributed by atoms with E-state index in [1.165, 1.54) is 17.5 Å². The molecule has 3 rings (SSSR count). The zero-order valence-corrected chi connectivity index (χ0v) is 13.4. The van der Waals surface area contributed by atoms with Crippen LogP contribution >= 0.6 is 0 Å². The molecule has 2 N–H and O–H groups in total. The number of benzene rings is 1. The molecule has 0 bridgehead atoms. The van der Waals surface area contributed by atoms with Crippen LogP contribution in [0.5, 0.6) is 11.5 Å². The van der Waals surface area contributed by atoms with Crippen molar-refractivity contribution in [1.29, 1.82) is 0 Å². The highest BCUT2D eigenvalue weighted by Crippen LogP contribution is 2.56. The van der Waals surface area contributed by atoms with Crippen molar-refractivity contribution in [2.24, 2.45) is 11.3 Å². The van der Waals surface area contributed by atoms with Gasteiger partial charge < -0.3 is 10.2 Å². The summed E-state index contributed by atoms with van der Waals surface area (Å²) in [5.41, 5.74) is 3.74. The standard InChI is InChI=1S/C19H26O2/c1-5-18(3)8-9-19(4)13(11-18)6-7-14-12(2)17(21)16(20)10-15(14)19/h5,10,13,20-21H,1,6-9,11H2,2-4H3/t13-,18-,19-/m1/s1. The normalized spacial score (nSPS) is 34.9. The molecule has 2 heteroatoms. The third-order valence-corrected chi connectivity index (χ3v) is 6.34. The summed E-state index contributed by atoms with van der Waals surface area (Å²) >= 11 is 0. The Morgan fingerprint density at radius 3 is 2.67 bits per heavy atom. The average molecular weight is 286 g/mol. The summed E-state index contributed by atoms with van der Waals surface area (Å²) in [6.07, 6.45) is 7.73. The molecule has 2 nitrogen and oxygen atoms in total. The Morgan fingerprint density at radius 1 is 1.29 bits per heavy atom. The highest BCUT2D eigenvalue weighted by molar-refractivity contribution is 5.55. The lowest BCUT2D eigenvalue weighted by molar-refractivity contribution is 0.101. The Morgan fingerprint density at radius 2 is 2.00 bits per heavy atom. The molecular formula is C19H26O2. The number of hydrogen-bond donors (Lipinski definition) is 2. The molecule has 1 fully saturated rings. The van der Waals surface area contributed by atoms with E-state index in [1.54, 1.807) is 0 Å². The van der Waals surface area contributed by atoms with Crippen molar-refractivity contribution < 1.29 is 10.2 Å². The first kappa shape index (κ1) is 14.5. The van der Waals surface area contributed by atoms with Crippen molar-refractivity contribution in [3.63, 3.8) is 0 Å². The average Bonchev–Trinajstić information content (AvgIpc) is 2.46. The fourth-order valence-electron chi connectivity index (χ4n) is 4.58. The van der Waals surface area contributed by atoms with Crippen LogP contribution in [0.2, 0.25) is 0 Å². The minimum Gasteiger partial charge on any atom is -0.504 e. The second-order valence-corrected chi connectivity index (χ2v) is 7.61. The summed E-state index contributed by atoms with van der Waals surface area (Å²) in [5, 5.41) is 20.0. The Balaban J connectivity index is 2.09. The molecule has 0 radical (unpaired) electrons. The number of rotatable bonds is 1. The summed E-state index contributed by atoms with van der Waals surface area (Å²) < 4.78 is 0. The minimum atomic E-state index is 0.0326. The van der Waals surface area contributed by atoms with E-state index in [-0.39, 0.29) is 22.3 Å². The lowest BCUT2D eigenvalue weighted by Gasteiger charge is -2.52. The molecule has 1 aromatic rings. The largest absolute Gasteiger partial charge is 0.504 e. The van der Waals surface area contributed by atoms with Gasteiger partial charge in [-0.15, -0.1) is 6.58 Å². The SMILES string of the molecule is C=C[C@]1(C)CC[C@@]2(C)c3cc(O)c(O)c(C)c3CC[C@@H]2C1. The molecule has 0 aromatic heterocycles. The molecule has 3 atom stereocenters. The van der Waals surface area contributed by atoms with Crippen LogP contribution in [0.25, 0.3) is 0 Å². The molecule has 114 valence electrons. The van der Waals surface area contributed by atoms with Gasteiger partial charge in [0.25, 0.3) is 0 Å². The fraction of sp³-hybridized carbons (Fsp3) is 0.579. The van der Waals surface area contributed by atoms with E-state index in [0.717, 1.165) is 31.2 Å². The number of fused-ring (bicyclic) bond motifs is 3. The lowest BCUT2D eigenvalue weighted by atomic mass is 9.53. The van der Waals surface area contributed by atoms with E-state index in [1.807, 2.05) is 13.0 Å².